The summed E-state index contributed by atoms with van der Waals surface area (Å²) in [6.45, 7) is 4.96. The molecule has 2 N–H and O–H groups in total. The number of esters is 1. The standard InChI is InChI=1S/C19H23N3O6/c1-19(2,3)14-9-16(28-22-14)21-15(23)11-27-17(24)10-20-18(25)12-7-5-6-8-13(12)26-4/h5-9H,10-11H2,1-4H3,(H,20,25)(H,21,23). The van der Waals surface area contributed by atoms with Gasteiger partial charge in [-0.3, -0.25) is 19.7 Å². The van der Waals surface area contributed by atoms with Crippen LogP contribution in [0.5, 0.6) is 5.75 Å². The number of nitrogens with zero attached hydrogens (tertiary/aromatic N) is 1. The van der Waals surface area contributed by atoms with Crippen molar-refractivity contribution >= 4 is 23.7 Å². The molecular weight excluding hydrogens is 366 g/mol. The Hall–Kier alpha value is -3.36. The van der Waals surface area contributed by atoms with Crippen molar-refractivity contribution in [1.29, 1.82) is 0 Å². The second kappa shape index (κ2) is 9.03. The Morgan fingerprint density at radius 3 is 2.54 bits per heavy atom. The van der Waals surface area contributed by atoms with Crippen LogP contribution in [0.1, 0.15) is 36.8 Å². The summed E-state index contributed by atoms with van der Waals surface area (Å²) in [5, 5.41) is 8.73. The van der Waals surface area contributed by atoms with E-state index in [0.29, 0.717) is 11.4 Å². The summed E-state index contributed by atoms with van der Waals surface area (Å²) in [7, 11) is 1.44. The van der Waals surface area contributed by atoms with Gasteiger partial charge in [-0.25, -0.2) is 0 Å². The van der Waals surface area contributed by atoms with Gasteiger partial charge in [-0.1, -0.05) is 38.1 Å². The third-order valence-electron chi connectivity index (χ3n) is 3.65. The Bertz CT molecular complexity index is 853. The molecule has 2 rings (SSSR count). The molecule has 0 aliphatic rings. The van der Waals surface area contributed by atoms with E-state index in [4.69, 9.17) is 14.0 Å². The van der Waals surface area contributed by atoms with Gasteiger partial charge in [0.15, 0.2) is 6.61 Å². The zero-order chi connectivity index (χ0) is 20.7. The lowest BCUT2D eigenvalue weighted by molar-refractivity contribution is -0.146. The number of carbonyl (C=O) groups is 3. The largest absolute Gasteiger partial charge is 0.496 e. The number of carbonyl (C=O) groups excluding carboxylic acids is 3. The van der Waals surface area contributed by atoms with Crippen LogP contribution in [0.25, 0.3) is 0 Å². The van der Waals surface area contributed by atoms with Crippen molar-refractivity contribution in [1.82, 2.24) is 10.5 Å². The molecule has 0 fully saturated rings. The highest BCUT2D eigenvalue weighted by Crippen LogP contribution is 2.23. The Kier molecular flexibility index (Phi) is 6.75. The van der Waals surface area contributed by atoms with Crippen molar-refractivity contribution in [2.45, 2.75) is 26.2 Å². The summed E-state index contributed by atoms with van der Waals surface area (Å²) in [5.74, 6) is -1.28. The summed E-state index contributed by atoms with van der Waals surface area (Å²) in [6, 6.07) is 8.20. The molecule has 0 spiro atoms. The number of ether oxygens (including phenoxy) is 2. The molecule has 1 heterocycles. The minimum Gasteiger partial charge on any atom is -0.496 e. The fourth-order valence-corrected chi connectivity index (χ4v) is 2.14. The maximum absolute atomic E-state index is 12.1. The summed E-state index contributed by atoms with van der Waals surface area (Å²) >= 11 is 0. The summed E-state index contributed by atoms with van der Waals surface area (Å²) < 4.78 is 14.9. The number of aromatic nitrogens is 1. The van der Waals surface area contributed by atoms with Crippen molar-refractivity contribution in [2.75, 3.05) is 25.6 Å². The lowest BCUT2D eigenvalue weighted by Crippen LogP contribution is -2.32. The summed E-state index contributed by atoms with van der Waals surface area (Å²) in [6.07, 6.45) is 0. The van der Waals surface area contributed by atoms with E-state index in [1.165, 1.54) is 7.11 Å². The quantitative estimate of drug-likeness (QED) is 0.694. The number of hydrogen-bond acceptors (Lipinski definition) is 7. The zero-order valence-electron chi connectivity index (χ0n) is 16.2. The van der Waals surface area contributed by atoms with Crippen molar-refractivity contribution in [3.05, 3.63) is 41.6 Å². The molecule has 0 bridgehead atoms. The normalized spacial score (nSPS) is 10.9. The van der Waals surface area contributed by atoms with E-state index in [1.807, 2.05) is 20.8 Å². The molecular formula is C19H23N3O6. The van der Waals surface area contributed by atoms with E-state index < -0.39 is 24.4 Å². The Balaban J connectivity index is 1.77. The predicted octanol–water partition coefficient (Wildman–Crippen LogP) is 1.89. The monoisotopic (exact) mass is 389 g/mol. The number of anilines is 1. The topological polar surface area (TPSA) is 120 Å². The smallest absolute Gasteiger partial charge is 0.325 e. The van der Waals surface area contributed by atoms with Gasteiger partial charge in [0.25, 0.3) is 11.8 Å². The number of para-hydroxylation sites is 1. The van der Waals surface area contributed by atoms with Gasteiger partial charge in [-0.15, -0.1) is 0 Å². The Labute approximate surface area is 162 Å². The minimum absolute atomic E-state index is 0.162. The Morgan fingerprint density at radius 2 is 1.89 bits per heavy atom. The van der Waals surface area contributed by atoms with Gasteiger partial charge in [0.05, 0.1) is 18.4 Å². The maximum atomic E-state index is 12.1. The molecule has 0 aliphatic heterocycles. The molecule has 9 heteroatoms. The third kappa shape index (κ3) is 5.83. The molecule has 2 amide bonds. The number of benzene rings is 1. The third-order valence-corrected chi connectivity index (χ3v) is 3.65. The fourth-order valence-electron chi connectivity index (χ4n) is 2.14. The molecule has 0 radical (unpaired) electrons. The first-order valence-electron chi connectivity index (χ1n) is 8.54. The van der Waals surface area contributed by atoms with Crippen LogP contribution in [-0.2, 0) is 19.7 Å². The molecule has 0 saturated carbocycles. The van der Waals surface area contributed by atoms with Crippen molar-refractivity contribution in [2.24, 2.45) is 0 Å². The van der Waals surface area contributed by atoms with E-state index in [0.717, 1.165) is 0 Å². The van der Waals surface area contributed by atoms with Crippen molar-refractivity contribution in [3.8, 4) is 5.75 Å². The summed E-state index contributed by atoms with van der Waals surface area (Å²) in [4.78, 5) is 35.7. The van der Waals surface area contributed by atoms with Gasteiger partial charge < -0.3 is 19.3 Å². The summed E-state index contributed by atoms with van der Waals surface area (Å²) in [5.41, 5.74) is 0.743. The zero-order valence-corrected chi connectivity index (χ0v) is 16.2. The second-order valence-corrected chi connectivity index (χ2v) is 6.92. The van der Waals surface area contributed by atoms with Crippen molar-refractivity contribution in [3.63, 3.8) is 0 Å². The van der Waals surface area contributed by atoms with Gasteiger partial charge in [0.1, 0.15) is 12.3 Å². The van der Waals surface area contributed by atoms with Crippen LogP contribution in [0.4, 0.5) is 5.88 Å². The molecule has 2 aromatic rings. The number of amides is 2. The van der Waals surface area contributed by atoms with E-state index in [-0.39, 0.29) is 23.4 Å². The number of methoxy groups -OCH3 is 1. The van der Waals surface area contributed by atoms with Gasteiger partial charge in [0, 0.05) is 11.5 Å². The molecule has 1 aromatic carbocycles. The molecule has 9 nitrogen and oxygen atoms in total. The van der Waals surface area contributed by atoms with Crippen molar-refractivity contribution < 1.29 is 28.4 Å². The lowest BCUT2D eigenvalue weighted by atomic mass is 9.92. The average molecular weight is 389 g/mol. The van der Waals surface area contributed by atoms with E-state index in [1.54, 1.807) is 30.3 Å². The SMILES string of the molecule is COc1ccccc1C(=O)NCC(=O)OCC(=O)Nc1cc(C(C)(C)C)no1. The molecule has 150 valence electrons. The predicted molar refractivity (Wildman–Crippen MR) is 100 cm³/mol. The van der Waals surface area contributed by atoms with Crippen LogP contribution in [0.2, 0.25) is 0 Å². The number of nitrogens with one attached hydrogen (secondary N) is 2. The fraction of sp³-hybridized carbons (Fsp3) is 0.368. The van der Waals surface area contributed by atoms with Gasteiger partial charge in [-0.05, 0) is 12.1 Å². The molecule has 28 heavy (non-hydrogen) atoms. The molecule has 0 aliphatic carbocycles. The van der Waals surface area contributed by atoms with Gasteiger partial charge >= 0.3 is 5.97 Å². The maximum Gasteiger partial charge on any atom is 0.325 e. The van der Waals surface area contributed by atoms with Gasteiger partial charge in [-0.2, -0.15) is 0 Å². The second-order valence-electron chi connectivity index (χ2n) is 6.92. The molecule has 0 atom stereocenters. The highest BCUT2D eigenvalue weighted by molar-refractivity contribution is 5.98. The van der Waals surface area contributed by atoms with E-state index in [2.05, 4.69) is 15.8 Å². The van der Waals surface area contributed by atoms with Crippen LogP contribution < -0.4 is 15.4 Å². The van der Waals surface area contributed by atoms with Crippen LogP contribution in [0.15, 0.2) is 34.9 Å². The van der Waals surface area contributed by atoms with Gasteiger partial charge in [0.2, 0.25) is 5.88 Å². The van der Waals surface area contributed by atoms with Crippen LogP contribution >= 0.6 is 0 Å². The van der Waals surface area contributed by atoms with E-state index in [9.17, 15) is 14.4 Å². The average Bonchev–Trinajstić information content (AvgIpc) is 3.13. The van der Waals surface area contributed by atoms with Crippen LogP contribution in [-0.4, -0.2) is 43.2 Å². The highest BCUT2D eigenvalue weighted by Gasteiger charge is 2.20. The Morgan fingerprint density at radius 1 is 1.18 bits per heavy atom. The van der Waals surface area contributed by atoms with Crippen LogP contribution in [0, 0.1) is 0 Å². The lowest BCUT2D eigenvalue weighted by Gasteiger charge is -2.12. The first kappa shape index (κ1) is 20.9. The number of hydrogen-bond donors (Lipinski definition) is 2. The van der Waals surface area contributed by atoms with Crippen LogP contribution in [0.3, 0.4) is 0 Å². The van der Waals surface area contributed by atoms with E-state index >= 15 is 0 Å². The molecule has 1 aromatic heterocycles. The molecule has 0 unspecified atom stereocenters. The first-order valence-corrected chi connectivity index (χ1v) is 8.54. The highest BCUT2D eigenvalue weighted by atomic mass is 16.5. The molecule has 0 saturated heterocycles. The minimum atomic E-state index is -0.758. The first-order chi connectivity index (χ1) is 13.2. The number of rotatable bonds is 7.